The Morgan fingerprint density at radius 3 is 2.03 bits per heavy atom. The second-order valence-corrected chi connectivity index (χ2v) is 8.86. The van der Waals surface area contributed by atoms with Crippen LogP contribution in [0.25, 0.3) is 11.1 Å². The smallest absolute Gasteiger partial charge is 0.206 e. The van der Waals surface area contributed by atoms with Gasteiger partial charge in [-0.15, -0.1) is 0 Å². The summed E-state index contributed by atoms with van der Waals surface area (Å²) in [7, 11) is 0. The Bertz CT molecular complexity index is 870. The predicted molar refractivity (Wildman–Crippen MR) is 110 cm³/mol. The highest BCUT2D eigenvalue weighted by Crippen LogP contribution is 2.40. The van der Waals surface area contributed by atoms with E-state index in [1.54, 1.807) is 0 Å². The number of hydrogen-bond acceptors (Lipinski definition) is 0. The van der Waals surface area contributed by atoms with E-state index in [9.17, 15) is 26.3 Å². The van der Waals surface area contributed by atoms with E-state index in [4.69, 9.17) is 0 Å². The van der Waals surface area contributed by atoms with Crippen LogP contribution in [0.5, 0.6) is 0 Å². The lowest BCUT2D eigenvalue weighted by molar-refractivity contribution is -0.139. The van der Waals surface area contributed by atoms with Crippen LogP contribution < -0.4 is 0 Å². The van der Waals surface area contributed by atoms with E-state index in [0.29, 0.717) is 29.5 Å². The minimum atomic E-state index is -4.86. The summed E-state index contributed by atoms with van der Waals surface area (Å²) in [5.74, 6) is -1.90. The first-order chi connectivity index (χ1) is 14.6. The fraction of sp³-hybridized carbons (Fsp3) is 0.520. The van der Waals surface area contributed by atoms with Gasteiger partial charge in [-0.3, -0.25) is 0 Å². The van der Waals surface area contributed by atoms with Crippen LogP contribution in [0.1, 0.15) is 75.8 Å². The van der Waals surface area contributed by atoms with Gasteiger partial charge in [0.05, 0.1) is 11.1 Å². The summed E-state index contributed by atoms with van der Waals surface area (Å²) in [5.41, 5.74) is -1.65. The third-order valence-electron chi connectivity index (χ3n) is 6.71. The van der Waals surface area contributed by atoms with Crippen molar-refractivity contribution in [3.8, 4) is 11.1 Å². The number of halogens is 6. The van der Waals surface area contributed by atoms with Crippen molar-refractivity contribution < 1.29 is 26.3 Å². The molecule has 31 heavy (non-hydrogen) atoms. The summed E-state index contributed by atoms with van der Waals surface area (Å²) in [4.78, 5) is 0. The molecule has 170 valence electrons. The fourth-order valence-corrected chi connectivity index (χ4v) is 4.51. The Balaban J connectivity index is 1.74. The minimum absolute atomic E-state index is 0.0576. The molecule has 1 atom stereocenters. The molecule has 0 N–H and O–H groups in total. The van der Waals surface area contributed by atoms with Crippen LogP contribution in [0.15, 0.2) is 30.3 Å². The van der Waals surface area contributed by atoms with Crippen LogP contribution in [-0.4, -0.2) is 0 Å². The molecule has 1 aliphatic rings. The lowest BCUT2D eigenvalue weighted by atomic mass is 9.76. The molecule has 1 aliphatic carbocycles. The standard InChI is InChI=1S/C25H28F6/c1-3-15(2)4-5-16-6-8-17(9-7-16)19-13-22(27)24(23(28)14-19)18-10-11-20(21(26)12-18)25(29,30)31/h10-17H,3-9H2,1-2H3. The molecular weight excluding hydrogens is 414 g/mol. The molecule has 3 rings (SSSR count). The van der Waals surface area contributed by atoms with Gasteiger partial charge in [0.2, 0.25) is 0 Å². The van der Waals surface area contributed by atoms with E-state index >= 15 is 0 Å². The van der Waals surface area contributed by atoms with Crippen molar-refractivity contribution >= 4 is 0 Å². The Labute approximate surface area is 179 Å². The average molecular weight is 442 g/mol. The molecule has 2 aromatic carbocycles. The van der Waals surface area contributed by atoms with Gasteiger partial charge >= 0.3 is 6.18 Å². The predicted octanol–water partition coefficient (Wildman–Crippen LogP) is 8.89. The van der Waals surface area contributed by atoms with Gasteiger partial charge in [0.25, 0.3) is 0 Å². The zero-order valence-electron chi connectivity index (χ0n) is 17.8. The summed E-state index contributed by atoms with van der Waals surface area (Å²) in [5, 5.41) is 0. The molecule has 0 spiro atoms. The van der Waals surface area contributed by atoms with Crippen LogP contribution in [-0.2, 0) is 6.18 Å². The molecule has 1 saturated carbocycles. The van der Waals surface area contributed by atoms with E-state index in [0.717, 1.165) is 31.7 Å². The second-order valence-electron chi connectivity index (χ2n) is 8.86. The Morgan fingerprint density at radius 2 is 1.52 bits per heavy atom. The number of alkyl halides is 3. The molecule has 0 heterocycles. The first-order valence-electron chi connectivity index (χ1n) is 11.0. The Morgan fingerprint density at radius 1 is 0.903 bits per heavy atom. The third-order valence-corrected chi connectivity index (χ3v) is 6.71. The zero-order chi connectivity index (χ0) is 22.8. The first-order valence-corrected chi connectivity index (χ1v) is 11.0. The summed E-state index contributed by atoms with van der Waals surface area (Å²) >= 11 is 0. The van der Waals surface area contributed by atoms with Crippen molar-refractivity contribution in [2.45, 2.75) is 70.9 Å². The zero-order valence-corrected chi connectivity index (χ0v) is 17.8. The molecule has 0 saturated heterocycles. The highest BCUT2D eigenvalue weighted by Gasteiger charge is 2.34. The van der Waals surface area contributed by atoms with E-state index in [2.05, 4.69) is 13.8 Å². The quantitative estimate of drug-likeness (QED) is 0.392. The van der Waals surface area contributed by atoms with E-state index < -0.39 is 34.8 Å². The maximum Gasteiger partial charge on any atom is 0.419 e. The van der Waals surface area contributed by atoms with Crippen LogP contribution in [0.4, 0.5) is 26.3 Å². The van der Waals surface area contributed by atoms with E-state index in [1.165, 1.54) is 31.4 Å². The minimum Gasteiger partial charge on any atom is -0.206 e. The monoisotopic (exact) mass is 442 g/mol. The molecule has 6 heteroatoms. The lowest BCUT2D eigenvalue weighted by Crippen LogP contribution is -2.14. The van der Waals surface area contributed by atoms with Gasteiger partial charge < -0.3 is 0 Å². The van der Waals surface area contributed by atoms with Gasteiger partial charge in [-0.05, 0) is 78.8 Å². The highest BCUT2D eigenvalue weighted by atomic mass is 19.4. The van der Waals surface area contributed by atoms with Crippen molar-refractivity contribution in [1.82, 2.24) is 0 Å². The number of hydrogen-bond donors (Lipinski definition) is 0. The summed E-state index contributed by atoms with van der Waals surface area (Å²) in [6.45, 7) is 4.44. The second kappa shape index (κ2) is 9.66. The first kappa shape index (κ1) is 23.7. The van der Waals surface area contributed by atoms with Gasteiger partial charge in [-0.2, -0.15) is 13.2 Å². The highest BCUT2D eigenvalue weighted by molar-refractivity contribution is 5.66. The number of rotatable bonds is 6. The molecule has 1 fully saturated rings. The van der Waals surface area contributed by atoms with Crippen molar-refractivity contribution in [3.63, 3.8) is 0 Å². The summed E-state index contributed by atoms with van der Waals surface area (Å²) in [6.07, 6.45) is 2.46. The van der Waals surface area contributed by atoms with Crippen LogP contribution >= 0.6 is 0 Å². The molecule has 1 unspecified atom stereocenters. The van der Waals surface area contributed by atoms with Crippen molar-refractivity contribution in [2.24, 2.45) is 11.8 Å². The molecule has 0 aromatic heterocycles. The molecule has 2 aromatic rings. The van der Waals surface area contributed by atoms with Crippen LogP contribution in [0, 0.1) is 29.3 Å². The van der Waals surface area contributed by atoms with Gasteiger partial charge in [0.15, 0.2) is 0 Å². The van der Waals surface area contributed by atoms with Gasteiger partial charge in [-0.25, -0.2) is 13.2 Å². The van der Waals surface area contributed by atoms with Gasteiger partial charge in [0, 0.05) is 0 Å². The molecule has 0 aliphatic heterocycles. The van der Waals surface area contributed by atoms with Crippen LogP contribution in [0.2, 0.25) is 0 Å². The van der Waals surface area contributed by atoms with E-state index in [1.807, 2.05) is 0 Å². The molecular formula is C25H28F6. The van der Waals surface area contributed by atoms with Crippen LogP contribution in [0.3, 0.4) is 0 Å². The fourth-order valence-electron chi connectivity index (χ4n) is 4.51. The van der Waals surface area contributed by atoms with E-state index in [-0.39, 0.29) is 11.5 Å². The summed E-state index contributed by atoms with van der Waals surface area (Å²) in [6, 6.07) is 4.44. The summed E-state index contributed by atoms with van der Waals surface area (Å²) < 4.78 is 81.6. The molecule has 0 radical (unpaired) electrons. The lowest BCUT2D eigenvalue weighted by Gasteiger charge is -2.29. The largest absolute Gasteiger partial charge is 0.419 e. The third kappa shape index (κ3) is 5.64. The normalized spacial score (nSPS) is 20.6. The Hall–Kier alpha value is -1.98. The number of benzene rings is 2. The average Bonchev–Trinajstić information content (AvgIpc) is 2.71. The molecule has 0 nitrogen and oxygen atoms in total. The SMILES string of the molecule is CCC(C)CCC1CCC(c2cc(F)c(-c3ccc(C(F)(F)F)c(F)c3)c(F)c2)CC1. The maximum absolute atomic E-state index is 14.8. The topological polar surface area (TPSA) is 0 Å². The Kier molecular flexibility index (Phi) is 7.38. The maximum atomic E-state index is 14.8. The van der Waals surface area contributed by atoms with Gasteiger partial charge in [0.1, 0.15) is 17.5 Å². The van der Waals surface area contributed by atoms with Gasteiger partial charge in [-0.1, -0.05) is 39.2 Å². The molecule has 0 bridgehead atoms. The van der Waals surface area contributed by atoms with Crippen molar-refractivity contribution in [1.29, 1.82) is 0 Å². The van der Waals surface area contributed by atoms with Crippen molar-refractivity contribution in [3.05, 3.63) is 58.9 Å². The molecule has 0 amide bonds. The van der Waals surface area contributed by atoms with Crippen molar-refractivity contribution in [2.75, 3.05) is 0 Å².